The van der Waals surface area contributed by atoms with Gasteiger partial charge in [-0.3, -0.25) is 0 Å². The summed E-state index contributed by atoms with van der Waals surface area (Å²) in [5.41, 5.74) is 0. The molecule has 2 heterocycles. The summed E-state index contributed by atoms with van der Waals surface area (Å²) < 4.78 is 6.05. The van der Waals surface area contributed by atoms with Crippen LogP contribution in [0.1, 0.15) is 32.1 Å². The Kier molecular flexibility index (Phi) is 3.26. The summed E-state index contributed by atoms with van der Waals surface area (Å²) >= 11 is 5.97. The molecule has 1 N–H and O–H groups in total. The molecule has 2 nitrogen and oxygen atoms in total. The zero-order valence-corrected chi connectivity index (χ0v) is 10.6. The standard InChI is InChI=1S/C14H18ClNO/c15-10-3-1-6-13(7-10)17-14-8-11-4-2-5-12(9-14)16-11/h1,3,6-7,11-12,14,16H,2,4-5,8-9H2/t11-,12+,14-. The van der Waals surface area contributed by atoms with Gasteiger partial charge in [0.25, 0.3) is 0 Å². The molecule has 2 aliphatic heterocycles. The highest BCUT2D eigenvalue weighted by atomic mass is 35.5. The molecule has 2 bridgehead atoms. The van der Waals surface area contributed by atoms with Crippen LogP contribution < -0.4 is 10.1 Å². The zero-order chi connectivity index (χ0) is 11.7. The number of benzene rings is 1. The van der Waals surface area contributed by atoms with E-state index in [9.17, 15) is 0 Å². The van der Waals surface area contributed by atoms with Crippen LogP contribution in [-0.4, -0.2) is 18.2 Å². The Balaban J connectivity index is 1.65. The van der Waals surface area contributed by atoms with Crippen molar-refractivity contribution < 1.29 is 4.74 Å². The largest absolute Gasteiger partial charge is 0.490 e. The van der Waals surface area contributed by atoms with Gasteiger partial charge in [0, 0.05) is 17.1 Å². The number of nitrogens with one attached hydrogen (secondary N) is 1. The second-order valence-electron chi connectivity index (χ2n) is 5.16. The second kappa shape index (κ2) is 4.87. The normalized spacial score (nSPS) is 32.2. The maximum atomic E-state index is 6.05. The first kappa shape index (κ1) is 11.4. The third kappa shape index (κ3) is 2.75. The van der Waals surface area contributed by atoms with Crippen LogP contribution in [0, 0.1) is 0 Å². The van der Waals surface area contributed by atoms with Crippen molar-refractivity contribution in [3.63, 3.8) is 0 Å². The Bertz CT molecular complexity index is 384. The van der Waals surface area contributed by atoms with Gasteiger partial charge in [0.1, 0.15) is 11.9 Å². The van der Waals surface area contributed by atoms with Crippen molar-refractivity contribution >= 4 is 11.6 Å². The van der Waals surface area contributed by atoms with Crippen molar-refractivity contribution in [3.8, 4) is 5.75 Å². The third-order valence-corrected chi connectivity index (χ3v) is 4.01. The summed E-state index contributed by atoms with van der Waals surface area (Å²) in [6.07, 6.45) is 6.57. The Morgan fingerprint density at radius 3 is 2.65 bits per heavy atom. The maximum Gasteiger partial charge on any atom is 0.121 e. The summed E-state index contributed by atoms with van der Waals surface area (Å²) in [5.74, 6) is 0.905. The van der Waals surface area contributed by atoms with E-state index in [0.717, 1.165) is 23.6 Å². The lowest BCUT2D eigenvalue weighted by atomic mass is 9.85. The van der Waals surface area contributed by atoms with E-state index >= 15 is 0 Å². The Morgan fingerprint density at radius 1 is 1.18 bits per heavy atom. The number of piperidine rings is 2. The van der Waals surface area contributed by atoms with Crippen LogP contribution in [0.4, 0.5) is 0 Å². The first-order chi connectivity index (χ1) is 8.29. The summed E-state index contributed by atoms with van der Waals surface area (Å²) in [4.78, 5) is 0. The van der Waals surface area contributed by atoms with Crippen molar-refractivity contribution in [2.75, 3.05) is 0 Å². The van der Waals surface area contributed by atoms with E-state index in [2.05, 4.69) is 5.32 Å². The molecule has 0 spiro atoms. The Labute approximate surface area is 107 Å². The molecule has 92 valence electrons. The molecule has 3 rings (SSSR count). The van der Waals surface area contributed by atoms with Gasteiger partial charge in [-0.05, 0) is 43.9 Å². The van der Waals surface area contributed by atoms with E-state index in [4.69, 9.17) is 16.3 Å². The molecule has 0 radical (unpaired) electrons. The summed E-state index contributed by atoms with van der Waals surface area (Å²) in [5, 5.41) is 4.42. The molecule has 17 heavy (non-hydrogen) atoms. The highest BCUT2D eigenvalue weighted by Crippen LogP contribution is 2.29. The van der Waals surface area contributed by atoms with Gasteiger partial charge in [-0.25, -0.2) is 0 Å². The number of ether oxygens (including phenoxy) is 1. The first-order valence-electron chi connectivity index (χ1n) is 6.48. The molecule has 3 atom stereocenters. The van der Waals surface area contributed by atoms with Crippen molar-refractivity contribution in [2.45, 2.75) is 50.3 Å². The Hall–Kier alpha value is -0.730. The summed E-state index contributed by atoms with van der Waals surface area (Å²) in [6.45, 7) is 0. The first-order valence-corrected chi connectivity index (χ1v) is 6.85. The van der Waals surface area contributed by atoms with Gasteiger partial charge in [0.15, 0.2) is 0 Å². The van der Waals surface area contributed by atoms with Crippen LogP contribution in [0.15, 0.2) is 24.3 Å². The molecule has 2 fully saturated rings. The molecule has 0 amide bonds. The van der Waals surface area contributed by atoms with Crippen LogP contribution in [0.2, 0.25) is 5.02 Å². The van der Waals surface area contributed by atoms with Crippen molar-refractivity contribution in [1.82, 2.24) is 5.32 Å². The van der Waals surface area contributed by atoms with Crippen LogP contribution >= 0.6 is 11.6 Å². The van der Waals surface area contributed by atoms with Crippen LogP contribution in [0.25, 0.3) is 0 Å². The minimum absolute atomic E-state index is 0.352. The van der Waals surface area contributed by atoms with Gasteiger partial charge in [-0.2, -0.15) is 0 Å². The minimum Gasteiger partial charge on any atom is -0.490 e. The average molecular weight is 252 g/mol. The number of hydrogen-bond acceptors (Lipinski definition) is 2. The fourth-order valence-electron chi connectivity index (χ4n) is 3.04. The zero-order valence-electron chi connectivity index (χ0n) is 9.86. The topological polar surface area (TPSA) is 21.3 Å². The summed E-state index contributed by atoms with van der Waals surface area (Å²) in [6, 6.07) is 9.03. The predicted molar refractivity (Wildman–Crippen MR) is 69.7 cm³/mol. The van der Waals surface area contributed by atoms with Gasteiger partial charge in [-0.15, -0.1) is 0 Å². The summed E-state index contributed by atoms with van der Waals surface area (Å²) in [7, 11) is 0. The lowest BCUT2D eigenvalue weighted by molar-refractivity contribution is 0.0927. The fraction of sp³-hybridized carbons (Fsp3) is 0.571. The van der Waals surface area contributed by atoms with Crippen molar-refractivity contribution in [3.05, 3.63) is 29.3 Å². The molecule has 2 saturated heterocycles. The molecular weight excluding hydrogens is 234 g/mol. The smallest absolute Gasteiger partial charge is 0.121 e. The fourth-order valence-corrected chi connectivity index (χ4v) is 3.22. The molecule has 3 heteroatoms. The van der Waals surface area contributed by atoms with Gasteiger partial charge in [0.2, 0.25) is 0 Å². The third-order valence-electron chi connectivity index (χ3n) is 3.77. The van der Waals surface area contributed by atoms with Crippen molar-refractivity contribution in [2.24, 2.45) is 0 Å². The molecule has 0 unspecified atom stereocenters. The lowest BCUT2D eigenvalue weighted by Crippen LogP contribution is -2.51. The number of halogens is 1. The van der Waals surface area contributed by atoms with E-state index in [1.54, 1.807) is 0 Å². The number of rotatable bonds is 2. The van der Waals surface area contributed by atoms with Gasteiger partial charge < -0.3 is 10.1 Å². The van der Waals surface area contributed by atoms with E-state index in [1.165, 1.54) is 19.3 Å². The van der Waals surface area contributed by atoms with Crippen LogP contribution in [0.3, 0.4) is 0 Å². The van der Waals surface area contributed by atoms with Gasteiger partial charge >= 0.3 is 0 Å². The van der Waals surface area contributed by atoms with E-state index in [1.807, 2.05) is 24.3 Å². The monoisotopic (exact) mass is 251 g/mol. The van der Waals surface area contributed by atoms with E-state index in [-0.39, 0.29) is 0 Å². The van der Waals surface area contributed by atoms with Gasteiger partial charge in [-0.1, -0.05) is 24.1 Å². The Morgan fingerprint density at radius 2 is 1.94 bits per heavy atom. The molecule has 0 aromatic heterocycles. The highest BCUT2D eigenvalue weighted by Gasteiger charge is 2.32. The quantitative estimate of drug-likeness (QED) is 0.870. The molecule has 0 aliphatic carbocycles. The second-order valence-corrected chi connectivity index (χ2v) is 5.60. The SMILES string of the molecule is Clc1cccc(O[C@@H]2C[C@H]3CCC[C@@H](C2)N3)c1. The minimum atomic E-state index is 0.352. The molecule has 2 aliphatic rings. The lowest BCUT2D eigenvalue weighted by Gasteiger charge is -2.40. The number of fused-ring (bicyclic) bond motifs is 2. The highest BCUT2D eigenvalue weighted by molar-refractivity contribution is 6.30. The maximum absolute atomic E-state index is 6.05. The average Bonchev–Trinajstić information content (AvgIpc) is 2.28. The predicted octanol–water partition coefficient (Wildman–Crippen LogP) is 3.39. The molecule has 0 saturated carbocycles. The number of hydrogen-bond donors (Lipinski definition) is 1. The van der Waals surface area contributed by atoms with E-state index in [0.29, 0.717) is 18.2 Å². The van der Waals surface area contributed by atoms with Crippen molar-refractivity contribution in [1.29, 1.82) is 0 Å². The van der Waals surface area contributed by atoms with Crippen LogP contribution in [-0.2, 0) is 0 Å². The van der Waals surface area contributed by atoms with Crippen LogP contribution in [0.5, 0.6) is 5.75 Å². The molecule has 1 aromatic carbocycles. The molecular formula is C14H18ClNO. The van der Waals surface area contributed by atoms with Gasteiger partial charge in [0.05, 0.1) is 0 Å². The molecule has 1 aromatic rings. The van der Waals surface area contributed by atoms with E-state index < -0.39 is 0 Å².